The molecule has 0 bridgehead atoms. The van der Waals surface area contributed by atoms with E-state index in [-0.39, 0.29) is 0 Å². The molecule has 1 heterocycles. The van der Waals surface area contributed by atoms with Crippen LogP contribution >= 0.6 is 11.8 Å². The molecular weight excluding hydrogens is 325 g/mol. The first-order chi connectivity index (χ1) is 10.2. The molecule has 2 N–H and O–H groups in total. The van der Waals surface area contributed by atoms with Gasteiger partial charge in [0.25, 0.3) is 5.56 Å². The number of carbonyl (C=O) groups is 1. The van der Waals surface area contributed by atoms with Crippen molar-refractivity contribution in [3.8, 4) is 0 Å². The van der Waals surface area contributed by atoms with Crippen molar-refractivity contribution in [2.24, 2.45) is 0 Å². The zero-order valence-corrected chi connectivity index (χ0v) is 14.9. The molecule has 1 rings (SSSR count). The van der Waals surface area contributed by atoms with Crippen LogP contribution < -0.4 is 16.6 Å². The molecule has 0 aliphatic carbocycles. The Labute approximate surface area is 133 Å². The third-order valence-corrected chi connectivity index (χ3v) is 6.04. The second kappa shape index (κ2) is 8.32. The molecule has 22 heavy (non-hydrogen) atoms. The van der Waals surface area contributed by atoms with Crippen LogP contribution in [0.3, 0.4) is 0 Å². The molecule has 1 amide bonds. The molecule has 0 atom stereocenters. The maximum Gasteiger partial charge on any atom is 0.336 e. The molecule has 0 aliphatic rings. The summed E-state index contributed by atoms with van der Waals surface area (Å²) in [6, 6.07) is 0.517. The van der Waals surface area contributed by atoms with Crippen LogP contribution in [-0.4, -0.2) is 41.7 Å². The first kappa shape index (κ1) is 18.7. The largest absolute Gasteiger partial charge is 0.337 e. The van der Waals surface area contributed by atoms with E-state index in [1.807, 2.05) is 11.8 Å². The summed E-state index contributed by atoms with van der Waals surface area (Å²) in [5, 5.41) is 2.52. The van der Waals surface area contributed by atoms with E-state index in [0.29, 0.717) is 17.3 Å². The van der Waals surface area contributed by atoms with Crippen molar-refractivity contribution in [3.05, 3.63) is 32.9 Å². The Kier molecular flexibility index (Phi) is 7.07. The van der Waals surface area contributed by atoms with Crippen LogP contribution in [0.1, 0.15) is 6.42 Å². The van der Waals surface area contributed by atoms with Crippen LogP contribution in [0.5, 0.6) is 0 Å². The number of amides is 1. The molecule has 0 aromatic carbocycles. The van der Waals surface area contributed by atoms with E-state index in [0.717, 1.165) is 17.9 Å². The fourth-order valence-corrected chi connectivity index (χ4v) is 5.11. The van der Waals surface area contributed by atoms with Gasteiger partial charge in [-0.05, 0) is 24.0 Å². The molecular formula is C13H22FN3O3SSi. The fraction of sp³-hybridized carbons (Fsp3) is 0.615. The van der Waals surface area contributed by atoms with Crippen molar-refractivity contribution in [1.82, 2.24) is 14.9 Å². The third-order valence-electron chi connectivity index (χ3n) is 2.86. The van der Waals surface area contributed by atoms with Gasteiger partial charge in [0.2, 0.25) is 5.82 Å². The lowest BCUT2D eigenvalue weighted by Gasteiger charge is -2.14. The van der Waals surface area contributed by atoms with E-state index < -0.39 is 31.2 Å². The summed E-state index contributed by atoms with van der Waals surface area (Å²) in [4.78, 5) is 35.7. The number of rotatable bonds is 7. The first-order valence-corrected chi connectivity index (χ1v) is 11.9. The molecule has 0 fully saturated rings. The Morgan fingerprint density at radius 2 is 2.05 bits per heavy atom. The fourth-order valence-electron chi connectivity index (χ4n) is 1.53. The smallest absolute Gasteiger partial charge is 0.336 e. The molecule has 6 nitrogen and oxygen atoms in total. The summed E-state index contributed by atoms with van der Waals surface area (Å²) >= 11 is 1.84. The van der Waals surface area contributed by atoms with Crippen LogP contribution in [0.15, 0.2) is 15.8 Å². The maximum absolute atomic E-state index is 13.1. The van der Waals surface area contributed by atoms with Gasteiger partial charge in [0.1, 0.15) is 0 Å². The van der Waals surface area contributed by atoms with Gasteiger partial charge in [-0.15, -0.1) is 0 Å². The quantitative estimate of drug-likeness (QED) is 0.581. The van der Waals surface area contributed by atoms with Crippen LogP contribution in [0, 0.1) is 5.82 Å². The molecule has 0 aliphatic heterocycles. The number of aromatic nitrogens is 2. The molecule has 9 heteroatoms. The predicted octanol–water partition coefficient (Wildman–Crippen LogP) is 1.69. The number of aromatic amines is 1. The highest BCUT2D eigenvalue weighted by atomic mass is 32.2. The summed E-state index contributed by atoms with van der Waals surface area (Å²) in [6.45, 7) is 7.38. The van der Waals surface area contributed by atoms with Crippen molar-refractivity contribution < 1.29 is 9.18 Å². The Balaban J connectivity index is 2.31. The highest BCUT2D eigenvalue weighted by Gasteiger charge is 2.12. The van der Waals surface area contributed by atoms with E-state index in [2.05, 4.69) is 25.0 Å². The van der Waals surface area contributed by atoms with Gasteiger partial charge in [-0.3, -0.25) is 9.78 Å². The number of halogens is 1. The van der Waals surface area contributed by atoms with Gasteiger partial charge in [-0.25, -0.2) is 14.2 Å². The van der Waals surface area contributed by atoms with Crippen molar-refractivity contribution in [2.45, 2.75) is 32.1 Å². The Morgan fingerprint density at radius 1 is 1.36 bits per heavy atom. The van der Waals surface area contributed by atoms with E-state index in [9.17, 15) is 18.8 Å². The molecule has 0 saturated carbocycles. The van der Waals surface area contributed by atoms with Crippen molar-refractivity contribution >= 4 is 25.9 Å². The lowest BCUT2D eigenvalue weighted by molar-refractivity contribution is 0.240. The van der Waals surface area contributed by atoms with Crippen LogP contribution in [0.25, 0.3) is 0 Å². The summed E-state index contributed by atoms with van der Waals surface area (Å²) in [5.74, 6) is 0.866. The Morgan fingerprint density at radius 3 is 2.68 bits per heavy atom. The van der Waals surface area contributed by atoms with Crippen LogP contribution in [-0.2, 0) is 0 Å². The van der Waals surface area contributed by atoms with Crippen molar-refractivity contribution in [2.75, 3.05) is 18.1 Å². The number of carbonyl (C=O) groups excluding carboxylic acids is 1. The van der Waals surface area contributed by atoms with Gasteiger partial charge in [0, 0.05) is 14.6 Å². The molecule has 0 unspecified atom stereocenters. The number of nitrogens with one attached hydrogen (secondary N) is 2. The van der Waals surface area contributed by atoms with Gasteiger partial charge in [-0.2, -0.15) is 16.2 Å². The topological polar surface area (TPSA) is 84.0 Å². The standard InChI is InChI=1S/C13H22FN3O3SSi/c1-22(2,3)8-7-21-6-4-5-15-12(19)17-9-10(14)11(18)16-13(17)20/h9H,4-8H2,1-3H3,(H,15,19)(H,16,18,20). The number of hydrogen-bond donors (Lipinski definition) is 2. The average molecular weight is 347 g/mol. The zero-order chi connectivity index (χ0) is 16.8. The van der Waals surface area contributed by atoms with Gasteiger partial charge in [-0.1, -0.05) is 19.6 Å². The minimum absolute atomic E-state index is 0.395. The van der Waals surface area contributed by atoms with Gasteiger partial charge >= 0.3 is 11.7 Å². The van der Waals surface area contributed by atoms with Crippen molar-refractivity contribution in [1.29, 1.82) is 0 Å². The average Bonchev–Trinajstić information content (AvgIpc) is 2.40. The molecule has 0 saturated heterocycles. The summed E-state index contributed by atoms with van der Waals surface area (Å²) in [7, 11) is -0.997. The summed E-state index contributed by atoms with van der Waals surface area (Å²) in [5.41, 5.74) is -2.08. The predicted molar refractivity (Wildman–Crippen MR) is 90.2 cm³/mol. The number of H-pyrrole nitrogens is 1. The van der Waals surface area contributed by atoms with E-state index in [4.69, 9.17) is 0 Å². The van der Waals surface area contributed by atoms with Gasteiger partial charge in [0.15, 0.2) is 0 Å². The van der Waals surface area contributed by atoms with Gasteiger partial charge in [0.05, 0.1) is 6.20 Å². The van der Waals surface area contributed by atoms with Crippen LogP contribution in [0.2, 0.25) is 25.7 Å². The third kappa shape index (κ3) is 6.61. The highest BCUT2D eigenvalue weighted by Crippen LogP contribution is 2.13. The highest BCUT2D eigenvalue weighted by molar-refractivity contribution is 7.99. The second-order valence-corrected chi connectivity index (χ2v) is 13.0. The monoisotopic (exact) mass is 347 g/mol. The lowest BCUT2D eigenvalue weighted by Crippen LogP contribution is -2.41. The molecule has 0 radical (unpaired) electrons. The first-order valence-electron chi connectivity index (χ1n) is 7.08. The van der Waals surface area contributed by atoms with Gasteiger partial charge < -0.3 is 5.32 Å². The SMILES string of the molecule is C[Si](C)(C)CCSCCCNC(=O)n1cc(F)c(=O)[nH]c1=O. The molecule has 1 aromatic rings. The number of hydrogen-bond acceptors (Lipinski definition) is 4. The minimum Gasteiger partial charge on any atom is -0.337 e. The molecule has 1 aromatic heterocycles. The normalized spacial score (nSPS) is 11.5. The minimum atomic E-state index is -1.17. The lowest BCUT2D eigenvalue weighted by atomic mass is 10.5. The maximum atomic E-state index is 13.1. The Bertz CT molecular complexity index is 624. The second-order valence-electron chi connectivity index (χ2n) is 6.11. The summed E-state index contributed by atoms with van der Waals surface area (Å²) in [6.07, 6.45) is 1.36. The Hall–Kier alpha value is -1.35. The molecule has 124 valence electrons. The summed E-state index contributed by atoms with van der Waals surface area (Å²) < 4.78 is 13.6. The van der Waals surface area contributed by atoms with E-state index in [1.54, 1.807) is 4.98 Å². The van der Waals surface area contributed by atoms with E-state index >= 15 is 0 Å². The van der Waals surface area contributed by atoms with E-state index in [1.165, 1.54) is 6.04 Å². The number of thioether (sulfide) groups is 1. The zero-order valence-electron chi connectivity index (χ0n) is 13.1. The van der Waals surface area contributed by atoms with Crippen LogP contribution in [0.4, 0.5) is 9.18 Å². The van der Waals surface area contributed by atoms with Crippen molar-refractivity contribution in [3.63, 3.8) is 0 Å². The molecule has 0 spiro atoms. The number of nitrogens with zero attached hydrogens (tertiary/aromatic N) is 1.